The van der Waals surface area contributed by atoms with E-state index in [1.165, 1.54) is 7.11 Å². The first-order valence-electron chi connectivity index (χ1n) is 6.15. The number of esters is 1. The van der Waals surface area contributed by atoms with E-state index in [1.807, 2.05) is 6.92 Å². The first-order valence-corrected chi connectivity index (χ1v) is 6.15. The molecule has 1 N–H and O–H groups in total. The van der Waals surface area contributed by atoms with E-state index in [2.05, 4.69) is 17.0 Å². The largest absolute Gasteiger partial charge is 0.468 e. The van der Waals surface area contributed by atoms with Crippen molar-refractivity contribution in [2.24, 2.45) is 0 Å². The van der Waals surface area contributed by atoms with Gasteiger partial charge in [-0.1, -0.05) is 20.3 Å². The zero-order chi connectivity index (χ0) is 13.3. The van der Waals surface area contributed by atoms with Crippen molar-refractivity contribution in [1.29, 1.82) is 0 Å². The Balaban J connectivity index is 4.17. The van der Waals surface area contributed by atoms with Crippen LogP contribution in [0, 0.1) is 0 Å². The summed E-state index contributed by atoms with van der Waals surface area (Å²) in [6.07, 6.45) is 2.02. The predicted octanol–water partition coefficient (Wildman–Crippen LogP) is 0.786. The maximum atomic E-state index is 11.8. The fourth-order valence-corrected chi connectivity index (χ4v) is 1.45. The van der Waals surface area contributed by atoms with Gasteiger partial charge in [0, 0.05) is 6.54 Å². The van der Waals surface area contributed by atoms with Crippen molar-refractivity contribution in [2.45, 2.75) is 39.7 Å². The van der Waals surface area contributed by atoms with Crippen molar-refractivity contribution in [3.63, 3.8) is 0 Å². The van der Waals surface area contributed by atoms with Crippen LogP contribution in [0.5, 0.6) is 0 Å². The molecule has 17 heavy (non-hydrogen) atoms. The van der Waals surface area contributed by atoms with Crippen LogP contribution in [-0.4, -0.2) is 49.6 Å². The minimum atomic E-state index is -0.319. The Morgan fingerprint density at radius 1 is 1.35 bits per heavy atom. The van der Waals surface area contributed by atoms with Gasteiger partial charge >= 0.3 is 5.97 Å². The molecule has 1 atom stereocenters. The molecule has 5 nitrogen and oxygen atoms in total. The highest BCUT2D eigenvalue weighted by molar-refractivity contribution is 5.82. The lowest BCUT2D eigenvalue weighted by Crippen LogP contribution is -2.47. The number of unbranched alkanes of at least 4 members (excludes halogenated alkanes) is 1. The molecule has 1 unspecified atom stereocenters. The molecule has 0 fully saturated rings. The normalized spacial score (nSPS) is 12.3. The number of nitrogens with zero attached hydrogens (tertiary/aromatic N) is 1. The highest BCUT2D eigenvalue weighted by Gasteiger charge is 2.21. The molecular weight excluding hydrogens is 220 g/mol. The summed E-state index contributed by atoms with van der Waals surface area (Å²) < 4.78 is 4.60. The Hall–Kier alpha value is -1.10. The molecule has 0 aromatic carbocycles. The SMILES string of the molecule is CCCCNC(=O)C(C)N(CC)CC(=O)OC. The summed E-state index contributed by atoms with van der Waals surface area (Å²) in [5.41, 5.74) is 0. The standard InChI is InChI=1S/C12H24N2O3/c1-5-7-8-13-12(16)10(3)14(6-2)9-11(15)17-4/h10H,5-9H2,1-4H3,(H,13,16). The molecule has 0 aromatic heterocycles. The number of hydrogen-bond donors (Lipinski definition) is 1. The van der Waals surface area contributed by atoms with E-state index < -0.39 is 0 Å². The van der Waals surface area contributed by atoms with Crippen LogP contribution < -0.4 is 5.32 Å². The van der Waals surface area contributed by atoms with Crippen LogP contribution in [0.25, 0.3) is 0 Å². The van der Waals surface area contributed by atoms with Crippen LogP contribution >= 0.6 is 0 Å². The number of ether oxygens (including phenoxy) is 1. The number of amides is 1. The Morgan fingerprint density at radius 2 is 2.00 bits per heavy atom. The average Bonchev–Trinajstić information content (AvgIpc) is 2.34. The van der Waals surface area contributed by atoms with Gasteiger partial charge in [0.1, 0.15) is 0 Å². The Kier molecular flexibility index (Phi) is 8.40. The maximum Gasteiger partial charge on any atom is 0.319 e. The maximum absolute atomic E-state index is 11.8. The van der Waals surface area contributed by atoms with Crippen molar-refractivity contribution in [3.8, 4) is 0 Å². The second kappa shape index (κ2) is 8.98. The highest BCUT2D eigenvalue weighted by atomic mass is 16.5. The predicted molar refractivity (Wildman–Crippen MR) is 66.6 cm³/mol. The van der Waals surface area contributed by atoms with Crippen LogP contribution in [0.15, 0.2) is 0 Å². The molecule has 0 aliphatic carbocycles. The van der Waals surface area contributed by atoms with Crippen molar-refractivity contribution in [1.82, 2.24) is 10.2 Å². The Bertz CT molecular complexity index is 244. The molecule has 0 saturated carbocycles. The molecule has 0 rings (SSSR count). The summed E-state index contributed by atoms with van der Waals surface area (Å²) in [5, 5.41) is 2.86. The number of carbonyl (C=O) groups is 2. The van der Waals surface area contributed by atoms with Gasteiger partial charge in [0.15, 0.2) is 0 Å². The molecular formula is C12H24N2O3. The summed E-state index contributed by atoms with van der Waals surface area (Å²) in [6.45, 7) is 7.26. The fraction of sp³-hybridized carbons (Fsp3) is 0.833. The minimum absolute atomic E-state index is 0.0378. The topological polar surface area (TPSA) is 58.6 Å². The second-order valence-electron chi connectivity index (χ2n) is 3.96. The highest BCUT2D eigenvalue weighted by Crippen LogP contribution is 1.99. The summed E-state index contributed by atoms with van der Waals surface area (Å²) in [5.74, 6) is -0.357. The summed E-state index contributed by atoms with van der Waals surface area (Å²) in [4.78, 5) is 24.7. The third kappa shape index (κ3) is 6.26. The number of methoxy groups -OCH3 is 1. The van der Waals surface area contributed by atoms with Crippen LogP contribution in [0.3, 0.4) is 0 Å². The average molecular weight is 244 g/mol. The van der Waals surface area contributed by atoms with Gasteiger partial charge in [0.2, 0.25) is 5.91 Å². The third-order valence-electron chi connectivity index (χ3n) is 2.72. The molecule has 0 aromatic rings. The zero-order valence-electron chi connectivity index (χ0n) is 11.3. The van der Waals surface area contributed by atoms with Crippen LogP contribution in [0.1, 0.15) is 33.6 Å². The van der Waals surface area contributed by atoms with E-state index in [0.29, 0.717) is 13.1 Å². The van der Waals surface area contributed by atoms with E-state index in [-0.39, 0.29) is 24.5 Å². The second-order valence-corrected chi connectivity index (χ2v) is 3.96. The number of likely N-dealkylation sites (N-methyl/N-ethyl adjacent to an activating group) is 1. The zero-order valence-corrected chi connectivity index (χ0v) is 11.3. The summed E-state index contributed by atoms with van der Waals surface area (Å²) in [7, 11) is 1.35. The fourth-order valence-electron chi connectivity index (χ4n) is 1.45. The molecule has 0 aliphatic heterocycles. The van der Waals surface area contributed by atoms with Crippen molar-refractivity contribution < 1.29 is 14.3 Å². The van der Waals surface area contributed by atoms with Crippen LogP contribution in [0.2, 0.25) is 0 Å². The summed E-state index contributed by atoms with van der Waals surface area (Å²) in [6, 6.07) is -0.309. The van der Waals surface area contributed by atoms with E-state index in [4.69, 9.17) is 0 Å². The van der Waals surface area contributed by atoms with E-state index in [1.54, 1.807) is 11.8 Å². The lowest BCUT2D eigenvalue weighted by Gasteiger charge is -2.25. The van der Waals surface area contributed by atoms with E-state index in [0.717, 1.165) is 12.8 Å². The van der Waals surface area contributed by atoms with Gasteiger partial charge in [-0.25, -0.2) is 0 Å². The molecule has 0 heterocycles. The smallest absolute Gasteiger partial charge is 0.319 e. The lowest BCUT2D eigenvalue weighted by molar-refractivity contribution is -0.143. The first kappa shape index (κ1) is 15.9. The molecule has 5 heteroatoms. The molecule has 0 aliphatic rings. The Labute approximate surface area is 103 Å². The molecule has 0 radical (unpaired) electrons. The quantitative estimate of drug-likeness (QED) is 0.506. The number of carbonyl (C=O) groups excluding carboxylic acids is 2. The van der Waals surface area contributed by atoms with Gasteiger partial charge in [0.25, 0.3) is 0 Å². The number of rotatable bonds is 8. The van der Waals surface area contributed by atoms with Gasteiger partial charge in [0.05, 0.1) is 19.7 Å². The van der Waals surface area contributed by atoms with Gasteiger partial charge in [-0.15, -0.1) is 0 Å². The van der Waals surface area contributed by atoms with Crippen molar-refractivity contribution in [2.75, 3.05) is 26.7 Å². The molecule has 0 bridgehead atoms. The van der Waals surface area contributed by atoms with Gasteiger partial charge < -0.3 is 10.1 Å². The summed E-state index contributed by atoms with van der Waals surface area (Å²) >= 11 is 0. The molecule has 100 valence electrons. The number of hydrogen-bond acceptors (Lipinski definition) is 4. The van der Waals surface area contributed by atoms with Gasteiger partial charge in [-0.05, 0) is 19.9 Å². The lowest BCUT2D eigenvalue weighted by atomic mass is 10.2. The molecule has 0 saturated heterocycles. The monoisotopic (exact) mass is 244 g/mol. The minimum Gasteiger partial charge on any atom is -0.468 e. The number of nitrogens with one attached hydrogen (secondary N) is 1. The van der Waals surface area contributed by atoms with Gasteiger partial charge in [-0.2, -0.15) is 0 Å². The third-order valence-corrected chi connectivity index (χ3v) is 2.72. The van der Waals surface area contributed by atoms with Crippen molar-refractivity contribution in [3.05, 3.63) is 0 Å². The van der Waals surface area contributed by atoms with Crippen molar-refractivity contribution >= 4 is 11.9 Å². The van der Waals surface area contributed by atoms with Gasteiger partial charge in [-0.3, -0.25) is 14.5 Å². The molecule has 1 amide bonds. The first-order chi connectivity index (χ1) is 8.06. The molecule has 0 spiro atoms. The van der Waals surface area contributed by atoms with Crippen LogP contribution in [0.4, 0.5) is 0 Å². The van der Waals surface area contributed by atoms with E-state index >= 15 is 0 Å². The Morgan fingerprint density at radius 3 is 2.47 bits per heavy atom. The van der Waals surface area contributed by atoms with E-state index in [9.17, 15) is 9.59 Å². The van der Waals surface area contributed by atoms with Crippen LogP contribution in [-0.2, 0) is 14.3 Å².